The van der Waals surface area contributed by atoms with Gasteiger partial charge in [0, 0.05) is 29.2 Å². The Kier molecular flexibility index (Phi) is 6.10. The van der Waals surface area contributed by atoms with E-state index in [2.05, 4.69) is 158 Å². The first-order chi connectivity index (χ1) is 23.0. The van der Waals surface area contributed by atoms with Crippen molar-refractivity contribution in [2.45, 2.75) is 32.2 Å². The Morgan fingerprint density at radius 3 is 2.23 bits per heavy atom. The summed E-state index contributed by atoms with van der Waals surface area (Å²) >= 11 is 0. The van der Waals surface area contributed by atoms with Gasteiger partial charge in [-0.2, -0.15) is 0 Å². The van der Waals surface area contributed by atoms with Crippen LogP contribution in [0.4, 0.5) is 11.4 Å². The van der Waals surface area contributed by atoms with E-state index in [-0.39, 0.29) is 11.5 Å². The molecule has 0 N–H and O–H groups in total. The van der Waals surface area contributed by atoms with E-state index in [1.807, 2.05) is 18.5 Å². The van der Waals surface area contributed by atoms with Crippen molar-refractivity contribution in [3.63, 3.8) is 0 Å². The molecule has 0 amide bonds. The minimum absolute atomic E-state index is 0.0897. The van der Waals surface area contributed by atoms with Gasteiger partial charge in [-0.05, 0) is 109 Å². The molecule has 4 heteroatoms. The molecule has 3 aromatic heterocycles. The lowest BCUT2D eigenvalue weighted by Gasteiger charge is -2.35. The Morgan fingerprint density at radius 1 is 0.660 bits per heavy atom. The van der Waals surface area contributed by atoms with Gasteiger partial charge in [-0.25, -0.2) is 0 Å². The Labute approximate surface area is 275 Å². The first kappa shape index (κ1) is 27.6. The molecule has 0 radical (unpaired) electrons. The molecule has 2 atom stereocenters. The van der Waals surface area contributed by atoms with Gasteiger partial charge in [-0.15, -0.1) is 0 Å². The minimum Gasteiger partial charge on any atom is -0.332 e. The van der Waals surface area contributed by atoms with Gasteiger partial charge >= 0.3 is 0 Å². The number of pyridine rings is 2. The molecule has 0 saturated heterocycles. The van der Waals surface area contributed by atoms with Gasteiger partial charge in [0.1, 0.15) is 0 Å². The minimum atomic E-state index is -0.290. The molecule has 0 spiro atoms. The van der Waals surface area contributed by atoms with Crippen molar-refractivity contribution in [1.29, 1.82) is 0 Å². The third kappa shape index (κ3) is 4.14. The number of rotatable bonds is 4. The predicted molar refractivity (Wildman–Crippen MR) is 195 cm³/mol. The van der Waals surface area contributed by atoms with Gasteiger partial charge in [0.15, 0.2) is 0 Å². The highest BCUT2D eigenvalue weighted by molar-refractivity contribution is 6.08. The zero-order valence-electron chi connectivity index (χ0n) is 26.7. The maximum absolute atomic E-state index is 5.00. The van der Waals surface area contributed by atoms with Crippen LogP contribution in [0.15, 0.2) is 146 Å². The molecule has 9 rings (SSSR count). The second kappa shape index (κ2) is 10.4. The molecule has 226 valence electrons. The summed E-state index contributed by atoms with van der Waals surface area (Å²) < 4.78 is 2.36. The van der Waals surface area contributed by atoms with Crippen molar-refractivity contribution < 1.29 is 0 Å². The summed E-state index contributed by atoms with van der Waals surface area (Å²) in [5.41, 5.74) is 15.0. The van der Waals surface area contributed by atoms with E-state index < -0.39 is 0 Å². The molecule has 2 aliphatic rings. The summed E-state index contributed by atoms with van der Waals surface area (Å²) in [7, 11) is 0. The number of aromatic nitrogens is 3. The van der Waals surface area contributed by atoms with E-state index in [1.54, 1.807) is 0 Å². The first-order valence-corrected chi connectivity index (χ1v) is 16.3. The van der Waals surface area contributed by atoms with Crippen LogP contribution in [-0.2, 0) is 5.41 Å². The molecule has 1 aliphatic carbocycles. The van der Waals surface area contributed by atoms with Gasteiger partial charge in [-0.3, -0.25) is 9.97 Å². The zero-order valence-corrected chi connectivity index (χ0v) is 26.7. The monoisotopic (exact) mass is 606 g/mol. The molecule has 4 nitrogen and oxygen atoms in total. The molecule has 4 heterocycles. The number of hydrogen-bond donors (Lipinski definition) is 0. The van der Waals surface area contributed by atoms with Crippen molar-refractivity contribution in [2.24, 2.45) is 0 Å². The maximum Gasteiger partial charge on any atom is 0.0963 e. The molecule has 0 fully saturated rings. The molecule has 47 heavy (non-hydrogen) atoms. The van der Waals surface area contributed by atoms with Gasteiger partial charge in [-0.1, -0.05) is 78.9 Å². The molecular formula is C43H34N4. The molecule has 1 aliphatic heterocycles. The van der Waals surface area contributed by atoms with Crippen LogP contribution in [0.1, 0.15) is 29.3 Å². The fourth-order valence-electron chi connectivity index (χ4n) is 7.89. The Bertz CT molecular complexity index is 2430. The van der Waals surface area contributed by atoms with Crippen molar-refractivity contribution >= 4 is 38.9 Å². The van der Waals surface area contributed by atoms with Crippen LogP contribution in [0.5, 0.6) is 0 Å². The van der Waals surface area contributed by atoms with E-state index in [0.29, 0.717) is 0 Å². The fourth-order valence-corrected chi connectivity index (χ4v) is 7.89. The highest BCUT2D eigenvalue weighted by Gasteiger charge is 2.48. The number of benzene rings is 4. The van der Waals surface area contributed by atoms with Crippen LogP contribution in [0.2, 0.25) is 0 Å². The third-order valence-electron chi connectivity index (χ3n) is 10.2. The van der Waals surface area contributed by atoms with Gasteiger partial charge in [0.2, 0.25) is 0 Å². The fraction of sp³-hybridized carbons (Fsp3) is 0.116. The number of hydrogen-bond acceptors (Lipinski definition) is 3. The first-order valence-electron chi connectivity index (χ1n) is 16.3. The topological polar surface area (TPSA) is 34.0 Å². The average Bonchev–Trinajstić information content (AvgIpc) is 3.57. The van der Waals surface area contributed by atoms with E-state index in [9.17, 15) is 0 Å². The summed E-state index contributed by atoms with van der Waals surface area (Å²) in [5, 5.41) is 1.15. The number of anilines is 2. The van der Waals surface area contributed by atoms with Crippen LogP contribution in [0.3, 0.4) is 0 Å². The van der Waals surface area contributed by atoms with Crippen molar-refractivity contribution in [2.75, 3.05) is 4.90 Å². The lowest BCUT2D eigenvalue weighted by atomic mass is 9.75. The number of aryl methyl sites for hydroxylation is 2. The molecular weight excluding hydrogens is 573 g/mol. The lowest BCUT2D eigenvalue weighted by molar-refractivity contribution is 0.540. The molecule has 4 aromatic carbocycles. The SMILES string of the molecule is Cc1ccccc1C1=CC2(C)c3ncccc3N(c3cccc(-n4c5ccc(-c6ccccc6C)cc5c5ncccc54)c3)C2C=C1. The van der Waals surface area contributed by atoms with E-state index in [1.165, 1.54) is 33.4 Å². The Balaban J connectivity index is 1.19. The predicted octanol–water partition coefficient (Wildman–Crippen LogP) is 10.3. The van der Waals surface area contributed by atoms with Gasteiger partial charge in [0.25, 0.3) is 0 Å². The van der Waals surface area contributed by atoms with Crippen LogP contribution in [0.25, 0.3) is 44.3 Å². The number of nitrogens with zero attached hydrogens (tertiary/aromatic N) is 4. The summed E-state index contributed by atoms with van der Waals surface area (Å²) in [6, 6.07) is 41.5. The van der Waals surface area contributed by atoms with Crippen LogP contribution >= 0.6 is 0 Å². The van der Waals surface area contributed by atoms with Crippen molar-refractivity contribution in [3.05, 3.63) is 168 Å². The smallest absolute Gasteiger partial charge is 0.0963 e. The molecule has 2 unspecified atom stereocenters. The second-order valence-corrected chi connectivity index (χ2v) is 13.0. The van der Waals surface area contributed by atoms with Crippen LogP contribution in [-0.4, -0.2) is 20.6 Å². The summed E-state index contributed by atoms with van der Waals surface area (Å²) in [6.45, 7) is 6.69. The van der Waals surface area contributed by atoms with Crippen LogP contribution < -0.4 is 4.90 Å². The van der Waals surface area contributed by atoms with Crippen LogP contribution in [0, 0.1) is 13.8 Å². The molecule has 7 aromatic rings. The Hall–Kier alpha value is -5.74. The summed E-state index contributed by atoms with van der Waals surface area (Å²) in [4.78, 5) is 12.4. The summed E-state index contributed by atoms with van der Waals surface area (Å²) in [6.07, 6.45) is 10.9. The second-order valence-electron chi connectivity index (χ2n) is 13.0. The van der Waals surface area contributed by atoms with E-state index in [4.69, 9.17) is 9.97 Å². The molecule has 0 saturated carbocycles. The number of allylic oxidation sites excluding steroid dienone is 2. The normalized spacial score (nSPS) is 18.4. The standard InChI is InChI=1S/C43H34N4/c1-28-11-4-6-15-34(28)30-19-21-37-36(25-30)41-38(17-9-23-44-41)46(37)32-13-8-14-33(26-32)47-39-18-10-24-45-42(39)43(3)27-31(20-22-40(43)47)35-16-7-5-12-29(35)2/h4-27,40H,1-3H3. The highest BCUT2D eigenvalue weighted by Crippen LogP contribution is 2.52. The third-order valence-corrected chi connectivity index (χ3v) is 10.2. The van der Waals surface area contributed by atoms with E-state index in [0.717, 1.165) is 44.7 Å². The molecule has 0 bridgehead atoms. The number of fused-ring (bicyclic) bond motifs is 6. The quantitative estimate of drug-likeness (QED) is 0.200. The van der Waals surface area contributed by atoms with Crippen molar-refractivity contribution in [1.82, 2.24) is 14.5 Å². The largest absolute Gasteiger partial charge is 0.332 e. The van der Waals surface area contributed by atoms with E-state index >= 15 is 0 Å². The zero-order chi connectivity index (χ0) is 31.7. The lowest BCUT2D eigenvalue weighted by Crippen LogP contribution is -2.40. The maximum atomic E-state index is 5.00. The van der Waals surface area contributed by atoms with Gasteiger partial charge in [0.05, 0.1) is 39.4 Å². The highest BCUT2D eigenvalue weighted by atomic mass is 15.2. The van der Waals surface area contributed by atoms with Gasteiger partial charge < -0.3 is 9.47 Å². The average molecular weight is 607 g/mol. The Morgan fingerprint density at radius 2 is 1.40 bits per heavy atom. The summed E-state index contributed by atoms with van der Waals surface area (Å²) in [5.74, 6) is 0. The van der Waals surface area contributed by atoms with Crippen molar-refractivity contribution in [3.8, 4) is 16.8 Å².